The Kier molecular flexibility index (Phi) is 5.66. The summed E-state index contributed by atoms with van der Waals surface area (Å²) in [5, 5.41) is 3.39. The van der Waals surface area contributed by atoms with E-state index in [4.69, 9.17) is 6.42 Å². The number of unbranched alkanes of at least 4 members (excludes halogenated alkanes) is 1. The molecule has 0 amide bonds. The quantitative estimate of drug-likeness (QED) is 0.667. The summed E-state index contributed by atoms with van der Waals surface area (Å²) < 4.78 is 0. The molecule has 0 aromatic carbocycles. The molecular weight excluding hydrogens is 172 g/mol. The van der Waals surface area contributed by atoms with Gasteiger partial charge in [-0.3, -0.25) is 0 Å². The Morgan fingerprint density at radius 3 is 2.71 bits per heavy atom. The highest BCUT2D eigenvalue weighted by Crippen LogP contribution is 2.10. The smallest absolute Gasteiger partial charge is 0.0575 e. The summed E-state index contributed by atoms with van der Waals surface area (Å²) in [5.74, 6) is 2.64. The zero-order valence-electron chi connectivity index (χ0n) is 9.26. The van der Waals surface area contributed by atoms with Gasteiger partial charge in [0.25, 0.3) is 0 Å². The highest BCUT2D eigenvalue weighted by Gasteiger charge is 2.17. The molecule has 0 atom stereocenters. The van der Waals surface area contributed by atoms with Crippen molar-refractivity contribution in [3.63, 3.8) is 0 Å². The zero-order chi connectivity index (χ0) is 10.2. The highest BCUT2D eigenvalue weighted by atomic mass is 15.1. The lowest BCUT2D eigenvalue weighted by Gasteiger charge is -2.32. The fourth-order valence-electron chi connectivity index (χ4n) is 1.95. The van der Waals surface area contributed by atoms with E-state index in [9.17, 15) is 0 Å². The minimum Gasteiger partial charge on any atom is -0.303 e. The fraction of sp³-hybridized carbons (Fsp3) is 0.833. The van der Waals surface area contributed by atoms with Crippen LogP contribution in [0.25, 0.3) is 0 Å². The Labute approximate surface area is 88.1 Å². The van der Waals surface area contributed by atoms with Gasteiger partial charge in [-0.05, 0) is 38.9 Å². The molecule has 0 aliphatic carbocycles. The second kappa shape index (κ2) is 6.86. The van der Waals surface area contributed by atoms with E-state index in [1.54, 1.807) is 0 Å². The molecule has 2 nitrogen and oxygen atoms in total. The van der Waals surface area contributed by atoms with E-state index in [1.165, 1.54) is 45.3 Å². The lowest BCUT2D eigenvalue weighted by atomic mass is 10.0. The normalized spacial score (nSPS) is 19.4. The molecule has 0 spiro atoms. The molecule has 1 saturated heterocycles. The molecule has 1 fully saturated rings. The lowest BCUT2D eigenvalue weighted by Crippen LogP contribution is -2.42. The molecule has 80 valence electrons. The molecule has 1 aliphatic heterocycles. The molecule has 1 aliphatic rings. The van der Waals surface area contributed by atoms with Crippen LogP contribution in [0.15, 0.2) is 0 Å². The fourth-order valence-corrected chi connectivity index (χ4v) is 1.95. The van der Waals surface area contributed by atoms with E-state index >= 15 is 0 Å². The number of hydrogen-bond acceptors (Lipinski definition) is 2. The molecule has 1 N–H and O–H groups in total. The zero-order valence-corrected chi connectivity index (χ0v) is 9.26. The summed E-state index contributed by atoms with van der Waals surface area (Å²) in [4.78, 5) is 2.57. The number of terminal acetylenes is 1. The van der Waals surface area contributed by atoms with Crippen LogP contribution >= 0.6 is 0 Å². The van der Waals surface area contributed by atoms with Crippen LogP contribution in [-0.2, 0) is 0 Å². The van der Waals surface area contributed by atoms with Crippen LogP contribution in [0, 0.1) is 12.3 Å². The van der Waals surface area contributed by atoms with Crippen LogP contribution < -0.4 is 5.32 Å². The van der Waals surface area contributed by atoms with Crippen LogP contribution in [0.4, 0.5) is 0 Å². The Hall–Kier alpha value is -0.520. The van der Waals surface area contributed by atoms with E-state index in [0.29, 0.717) is 6.04 Å². The van der Waals surface area contributed by atoms with Crippen molar-refractivity contribution in [3.8, 4) is 12.3 Å². The number of likely N-dealkylation sites (tertiary alicyclic amines) is 1. The molecule has 0 aromatic rings. The van der Waals surface area contributed by atoms with Gasteiger partial charge >= 0.3 is 0 Å². The van der Waals surface area contributed by atoms with Crippen molar-refractivity contribution in [3.05, 3.63) is 0 Å². The van der Waals surface area contributed by atoms with Gasteiger partial charge in [0.15, 0.2) is 0 Å². The summed E-state index contributed by atoms with van der Waals surface area (Å²) in [6, 6.07) is 0.656. The summed E-state index contributed by atoms with van der Waals surface area (Å²) in [6.07, 6.45) is 10.4. The van der Waals surface area contributed by atoms with Crippen LogP contribution in [0.5, 0.6) is 0 Å². The summed E-state index contributed by atoms with van der Waals surface area (Å²) in [5.41, 5.74) is 0. The first-order valence-corrected chi connectivity index (χ1v) is 5.76. The number of nitrogens with one attached hydrogen (secondary N) is 1. The van der Waals surface area contributed by atoms with Crippen molar-refractivity contribution in [2.24, 2.45) is 0 Å². The summed E-state index contributed by atoms with van der Waals surface area (Å²) >= 11 is 0. The maximum absolute atomic E-state index is 5.22. The maximum atomic E-state index is 5.22. The van der Waals surface area contributed by atoms with Crippen LogP contribution in [0.2, 0.25) is 0 Å². The SMILES string of the molecule is C#CCNC1CCN(CCCC)CC1. The first-order chi connectivity index (χ1) is 6.86. The van der Waals surface area contributed by atoms with Gasteiger partial charge in [0.05, 0.1) is 6.54 Å². The minimum atomic E-state index is 0.656. The molecule has 0 unspecified atom stereocenters. The van der Waals surface area contributed by atoms with Crippen LogP contribution in [-0.4, -0.2) is 37.1 Å². The van der Waals surface area contributed by atoms with E-state index in [-0.39, 0.29) is 0 Å². The second-order valence-corrected chi connectivity index (χ2v) is 4.05. The summed E-state index contributed by atoms with van der Waals surface area (Å²) in [7, 11) is 0. The van der Waals surface area contributed by atoms with E-state index in [0.717, 1.165) is 6.54 Å². The number of piperidine rings is 1. The van der Waals surface area contributed by atoms with Crippen molar-refractivity contribution in [2.45, 2.75) is 38.6 Å². The first-order valence-electron chi connectivity index (χ1n) is 5.76. The minimum absolute atomic E-state index is 0.656. The van der Waals surface area contributed by atoms with E-state index in [2.05, 4.69) is 23.1 Å². The lowest BCUT2D eigenvalue weighted by molar-refractivity contribution is 0.198. The Morgan fingerprint density at radius 2 is 2.14 bits per heavy atom. The van der Waals surface area contributed by atoms with Crippen molar-refractivity contribution in [1.82, 2.24) is 10.2 Å². The second-order valence-electron chi connectivity index (χ2n) is 4.05. The molecule has 0 radical (unpaired) electrons. The van der Waals surface area contributed by atoms with Gasteiger partial charge in [0.1, 0.15) is 0 Å². The molecule has 2 heteroatoms. The molecular formula is C12H22N2. The van der Waals surface area contributed by atoms with Crippen LogP contribution in [0.3, 0.4) is 0 Å². The number of nitrogens with zero attached hydrogens (tertiary/aromatic N) is 1. The predicted molar refractivity (Wildman–Crippen MR) is 61.2 cm³/mol. The van der Waals surface area contributed by atoms with Gasteiger partial charge in [0, 0.05) is 6.04 Å². The maximum Gasteiger partial charge on any atom is 0.0575 e. The first kappa shape index (κ1) is 11.6. The molecule has 0 bridgehead atoms. The standard InChI is InChI=1S/C12H22N2/c1-3-5-9-14-10-6-12(7-11-14)13-8-4-2/h2,12-13H,3,5-11H2,1H3. The molecule has 0 saturated carbocycles. The third-order valence-corrected chi connectivity index (χ3v) is 2.91. The molecule has 0 aromatic heterocycles. The van der Waals surface area contributed by atoms with Gasteiger partial charge in [-0.1, -0.05) is 19.3 Å². The molecule has 1 rings (SSSR count). The highest BCUT2D eigenvalue weighted by molar-refractivity contribution is 4.89. The van der Waals surface area contributed by atoms with Gasteiger partial charge in [-0.2, -0.15) is 0 Å². The molecule has 1 heterocycles. The van der Waals surface area contributed by atoms with Crippen LogP contribution in [0.1, 0.15) is 32.6 Å². The number of hydrogen-bond donors (Lipinski definition) is 1. The Morgan fingerprint density at radius 1 is 1.43 bits per heavy atom. The average molecular weight is 194 g/mol. The monoisotopic (exact) mass is 194 g/mol. The van der Waals surface area contributed by atoms with E-state index < -0.39 is 0 Å². The average Bonchev–Trinajstić information content (AvgIpc) is 2.25. The van der Waals surface area contributed by atoms with Gasteiger partial charge < -0.3 is 10.2 Å². The van der Waals surface area contributed by atoms with Gasteiger partial charge in [-0.15, -0.1) is 6.42 Å². The Balaban J connectivity index is 2.09. The summed E-state index contributed by atoms with van der Waals surface area (Å²) in [6.45, 7) is 6.73. The third kappa shape index (κ3) is 4.13. The van der Waals surface area contributed by atoms with Crippen molar-refractivity contribution in [1.29, 1.82) is 0 Å². The van der Waals surface area contributed by atoms with Gasteiger partial charge in [0.2, 0.25) is 0 Å². The topological polar surface area (TPSA) is 15.3 Å². The third-order valence-electron chi connectivity index (χ3n) is 2.91. The van der Waals surface area contributed by atoms with Crippen molar-refractivity contribution >= 4 is 0 Å². The molecule has 14 heavy (non-hydrogen) atoms. The van der Waals surface area contributed by atoms with E-state index in [1.807, 2.05) is 0 Å². The number of rotatable bonds is 5. The van der Waals surface area contributed by atoms with Crippen molar-refractivity contribution in [2.75, 3.05) is 26.2 Å². The Bertz CT molecular complexity index is 175. The predicted octanol–water partition coefficient (Wildman–Crippen LogP) is 1.47. The van der Waals surface area contributed by atoms with Gasteiger partial charge in [-0.25, -0.2) is 0 Å². The van der Waals surface area contributed by atoms with Crippen molar-refractivity contribution < 1.29 is 0 Å². The largest absolute Gasteiger partial charge is 0.303 e.